The molecule has 0 aliphatic carbocycles. The second kappa shape index (κ2) is 11.4. The number of H-pyrrole nitrogens is 1. The predicted octanol–water partition coefficient (Wildman–Crippen LogP) is 4.78. The molecule has 1 aliphatic heterocycles. The molecule has 1 saturated heterocycles. The highest BCUT2D eigenvalue weighted by Gasteiger charge is 2.29. The molecule has 1 atom stereocenters. The van der Waals surface area contributed by atoms with Crippen LogP contribution in [-0.2, 0) is 14.3 Å². The van der Waals surface area contributed by atoms with Crippen LogP contribution in [-0.4, -0.2) is 51.5 Å². The van der Waals surface area contributed by atoms with Crippen LogP contribution in [0, 0.1) is 5.92 Å². The Morgan fingerprint density at radius 1 is 1.05 bits per heavy atom. The first kappa shape index (κ1) is 26.5. The summed E-state index contributed by atoms with van der Waals surface area (Å²) in [6.07, 6.45) is 1.34. The minimum atomic E-state index is -0.410. The van der Waals surface area contributed by atoms with Gasteiger partial charge in [0.05, 0.1) is 16.6 Å². The standard InChI is InChI=1S/C32H31N5O4/c1-22(39)36(20-23-14-16-35(17-15-23)32(41-21-38)24-8-3-2-4-9-24)26-11-7-10-25(18-26)28-19-30-33-31(40)27-12-5-6-13-29(27)37(30)34-28/h2-13,18-19,21,23,32H,14-17,20H2,1H3,(H,33,40). The lowest BCUT2D eigenvalue weighted by Crippen LogP contribution is -2.42. The van der Waals surface area contributed by atoms with Crippen molar-refractivity contribution in [3.8, 4) is 11.3 Å². The number of hydrogen-bond donors (Lipinski definition) is 1. The van der Waals surface area contributed by atoms with Gasteiger partial charge in [-0.3, -0.25) is 19.3 Å². The van der Waals surface area contributed by atoms with Gasteiger partial charge in [-0.2, -0.15) is 5.10 Å². The van der Waals surface area contributed by atoms with Gasteiger partial charge in [-0.25, -0.2) is 4.52 Å². The van der Waals surface area contributed by atoms with Crippen molar-refractivity contribution in [2.24, 2.45) is 5.92 Å². The number of carbonyl (C=O) groups excluding carboxylic acids is 2. The van der Waals surface area contributed by atoms with Crippen molar-refractivity contribution >= 4 is 34.6 Å². The zero-order valence-corrected chi connectivity index (χ0v) is 22.8. The number of nitrogens with zero attached hydrogens (tertiary/aromatic N) is 4. The third kappa shape index (κ3) is 5.36. The molecule has 0 bridgehead atoms. The molecule has 1 amide bonds. The lowest BCUT2D eigenvalue weighted by atomic mass is 9.95. The summed E-state index contributed by atoms with van der Waals surface area (Å²) >= 11 is 0. The highest BCUT2D eigenvalue weighted by Crippen LogP contribution is 2.30. The number of rotatable bonds is 8. The molecule has 0 spiro atoms. The summed E-state index contributed by atoms with van der Waals surface area (Å²) in [6.45, 7) is 4.22. The third-order valence-electron chi connectivity index (χ3n) is 7.85. The Kier molecular flexibility index (Phi) is 7.35. The molecule has 6 rings (SSSR count). The number of piperidine rings is 1. The van der Waals surface area contributed by atoms with E-state index in [0.29, 0.717) is 35.7 Å². The summed E-state index contributed by atoms with van der Waals surface area (Å²) in [4.78, 5) is 43.5. The van der Waals surface area contributed by atoms with E-state index < -0.39 is 6.23 Å². The Bertz CT molecular complexity index is 1750. The Labute approximate surface area is 237 Å². The molecule has 1 aliphatic rings. The molecule has 2 aromatic heterocycles. The molecular formula is C32H31N5O4. The fourth-order valence-corrected chi connectivity index (χ4v) is 5.75. The van der Waals surface area contributed by atoms with Crippen LogP contribution < -0.4 is 10.5 Å². The molecule has 1 unspecified atom stereocenters. The number of carbonyl (C=O) groups is 2. The Balaban J connectivity index is 1.20. The third-order valence-corrected chi connectivity index (χ3v) is 7.85. The van der Waals surface area contributed by atoms with Crippen molar-refractivity contribution < 1.29 is 14.3 Å². The fraction of sp³-hybridized carbons (Fsp3) is 0.250. The molecular weight excluding hydrogens is 518 g/mol. The van der Waals surface area contributed by atoms with Crippen molar-refractivity contribution in [1.82, 2.24) is 19.5 Å². The Morgan fingerprint density at radius 2 is 1.80 bits per heavy atom. The Hall–Kier alpha value is -4.76. The van der Waals surface area contributed by atoms with Gasteiger partial charge in [0.2, 0.25) is 5.91 Å². The smallest absolute Gasteiger partial charge is 0.294 e. The van der Waals surface area contributed by atoms with E-state index in [1.54, 1.807) is 17.5 Å². The summed E-state index contributed by atoms with van der Waals surface area (Å²) in [5, 5.41) is 5.35. The highest BCUT2D eigenvalue weighted by molar-refractivity contribution is 5.92. The van der Waals surface area contributed by atoms with Gasteiger partial charge in [-0.05, 0) is 43.0 Å². The monoisotopic (exact) mass is 549 g/mol. The van der Waals surface area contributed by atoms with Gasteiger partial charge in [0, 0.05) is 49.4 Å². The van der Waals surface area contributed by atoms with Gasteiger partial charge in [-0.1, -0.05) is 54.6 Å². The molecule has 9 nitrogen and oxygen atoms in total. The summed E-state index contributed by atoms with van der Waals surface area (Å²) in [5.41, 5.74) is 4.50. The van der Waals surface area contributed by atoms with Crippen molar-refractivity contribution in [3.05, 3.63) is 101 Å². The van der Waals surface area contributed by atoms with Gasteiger partial charge >= 0.3 is 0 Å². The highest BCUT2D eigenvalue weighted by atomic mass is 16.5. The van der Waals surface area contributed by atoms with E-state index in [-0.39, 0.29) is 11.5 Å². The van der Waals surface area contributed by atoms with E-state index in [1.807, 2.05) is 83.8 Å². The van der Waals surface area contributed by atoms with E-state index >= 15 is 0 Å². The van der Waals surface area contributed by atoms with Crippen molar-refractivity contribution in [2.45, 2.75) is 26.0 Å². The van der Waals surface area contributed by atoms with Crippen molar-refractivity contribution in [1.29, 1.82) is 0 Å². The second-order valence-electron chi connectivity index (χ2n) is 10.5. The SMILES string of the molecule is CC(=O)N(CC1CCN(C(OC=O)c2ccccc2)CC1)c1cccc(-c2cc3[nH]c(=O)c4ccccc4n3n2)c1. The molecule has 0 radical (unpaired) electrons. The summed E-state index contributed by atoms with van der Waals surface area (Å²) in [6, 6.07) is 26.8. The zero-order valence-electron chi connectivity index (χ0n) is 22.8. The van der Waals surface area contributed by atoms with Crippen molar-refractivity contribution in [2.75, 3.05) is 24.5 Å². The summed E-state index contributed by atoms with van der Waals surface area (Å²) < 4.78 is 7.19. The molecule has 1 N–H and O–H groups in total. The molecule has 1 fully saturated rings. The first-order valence-corrected chi connectivity index (χ1v) is 13.8. The summed E-state index contributed by atoms with van der Waals surface area (Å²) in [5.74, 6) is 0.277. The fourth-order valence-electron chi connectivity index (χ4n) is 5.75. The number of para-hydroxylation sites is 1. The molecule has 208 valence electrons. The van der Waals surface area contributed by atoms with E-state index in [2.05, 4.69) is 9.88 Å². The maximum Gasteiger partial charge on any atom is 0.294 e. The second-order valence-corrected chi connectivity index (χ2v) is 10.5. The first-order valence-electron chi connectivity index (χ1n) is 13.8. The minimum absolute atomic E-state index is 0.0265. The summed E-state index contributed by atoms with van der Waals surface area (Å²) in [7, 11) is 0. The van der Waals surface area contributed by atoms with E-state index in [9.17, 15) is 14.4 Å². The van der Waals surface area contributed by atoms with Crippen LogP contribution in [0.3, 0.4) is 0 Å². The van der Waals surface area contributed by atoms with Gasteiger partial charge in [0.15, 0.2) is 6.23 Å². The van der Waals surface area contributed by atoms with Crippen LogP contribution in [0.4, 0.5) is 5.69 Å². The number of likely N-dealkylation sites (tertiary alicyclic amines) is 1. The molecule has 5 aromatic rings. The number of anilines is 1. The van der Waals surface area contributed by atoms with Crippen LogP contribution >= 0.6 is 0 Å². The van der Waals surface area contributed by atoms with Crippen LogP contribution in [0.1, 0.15) is 31.6 Å². The van der Waals surface area contributed by atoms with Gasteiger partial charge in [0.1, 0.15) is 5.65 Å². The van der Waals surface area contributed by atoms with Crippen molar-refractivity contribution in [3.63, 3.8) is 0 Å². The van der Waals surface area contributed by atoms with E-state index in [4.69, 9.17) is 9.84 Å². The molecule has 41 heavy (non-hydrogen) atoms. The van der Waals surface area contributed by atoms with E-state index in [1.165, 1.54) is 0 Å². The molecule has 0 saturated carbocycles. The maximum atomic E-state index is 12.8. The number of nitrogens with one attached hydrogen (secondary N) is 1. The molecule has 3 aromatic carbocycles. The largest absolute Gasteiger partial charge is 0.444 e. The van der Waals surface area contributed by atoms with Crippen LogP contribution in [0.25, 0.3) is 27.8 Å². The molecule has 9 heteroatoms. The average molecular weight is 550 g/mol. The van der Waals surface area contributed by atoms with Gasteiger partial charge < -0.3 is 14.6 Å². The number of hydrogen-bond acceptors (Lipinski definition) is 6. The lowest BCUT2D eigenvalue weighted by molar-refractivity contribution is -0.146. The zero-order chi connectivity index (χ0) is 28.3. The van der Waals surface area contributed by atoms with Gasteiger partial charge in [0.25, 0.3) is 12.0 Å². The number of amides is 1. The number of aromatic nitrogens is 3. The maximum absolute atomic E-state index is 12.8. The van der Waals surface area contributed by atoms with Gasteiger partial charge in [-0.15, -0.1) is 0 Å². The minimum Gasteiger partial charge on any atom is -0.444 e. The topological polar surface area (TPSA) is 100 Å². The normalized spacial score (nSPS) is 15.1. The first-order chi connectivity index (χ1) is 20.0. The number of benzene rings is 3. The van der Waals surface area contributed by atoms with E-state index in [0.717, 1.165) is 48.3 Å². The quantitative estimate of drug-likeness (QED) is 0.280. The van der Waals surface area contributed by atoms with Crippen LogP contribution in [0.15, 0.2) is 89.7 Å². The van der Waals surface area contributed by atoms with Crippen LogP contribution in [0.5, 0.6) is 0 Å². The average Bonchev–Trinajstić information content (AvgIpc) is 3.44. The van der Waals surface area contributed by atoms with Crippen LogP contribution in [0.2, 0.25) is 0 Å². The molecule has 3 heterocycles. The number of fused-ring (bicyclic) bond motifs is 3. The lowest BCUT2D eigenvalue weighted by Gasteiger charge is -2.38. The Morgan fingerprint density at radius 3 is 2.56 bits per heavy atom. The predicted molar refractivity (Wildman–Crippen MR) is 157 cm³/mol. The number of aromatic amines is 1. The number of ether oxygens (including phenoxy) is 1.